The lowest BCUT2D eigenvalue weighted by Gasteiger charge is -2.35. The van der Waals surface area contributed by atoms with Crippen molar-refractivity contribution < 1.29 is 18.8 Å². The van der Waals surface area contributed by atoms with Gasteiger partial charge in [0.25, 0.3) is 0 Å². The molecule has 116 valence electrons. The van der Waals surface area contributed by atoms with Gasteiger partial charge in [-0.05, 0) is 34.1 Å². The summed E-state index contributed by atoms with van der Waals surface area (Å²) in [6.45, 7) is 10.4. The van der Waals surface area contributed by atoms with Crippen LogP contribution in [-0.4, -0.2) is 40.7 Å². The predicted molar refractivity (Wildman–Crippen MR) is 79.2 cm³/mol. The fraction of sp³-hybridized carbons (Fsp3) is 0.714. The van der Waals surface area contributed by atoms with Gasteiger partial charge in [0.1, 0.15) is 6.54 Å². The van der Waals surface area contributed by atoms with E-state index in [1.54, 1.807) is 19.3 Å². The number of hydrogen-bond donors (Lipinski definition) is 0. The van der Waals surface area contributed by atoms with E-state index in [4.69, 9.17) is 14.0 Å². The van der Waals surface area contributed by atoms with Crippen molar-refractivity contribution in [3.8, 4) is 0 Å². The third-order valence-corrected chi connectivity index (χ3v) is 4.24. The van der Waals surface area contributed by atoms with Gasteiger partial charge in [-0.15, -0.1) is 0 Å². The van der Waals surface area contributed by atoms with E-state index in [0.717, 1.165) is 11.9 Å². The zero-order chi connectivity index (χ0) is 15.7. The SMILES string of the molecule is CCOC(=O)Cn1cc(B2OC(C)(C)C(C)(CC)O2)cn1. The molecule has 1 fully saturated rings. The van der Waals surface area contributed by atoms with Crippen LogP contribution in [0.25, 0.3) is 0 Å². The van der Waals surface area contributed by atoms with Crippen LogP contribution >= 0.6 is 0 Å². The summed E-state index contributed by atoms with van der Waals surface area (Å²) in [6, 6.07) is 0. The van der Waals surface area contributed by atoms with Crippen molar-refractivity contribution in [2.45, 2.75) is 58.8 Å². The van der Waals surface area contributed by atoms with E-state index < -0.39 is 7.12 Å². The molecule has 7 heteroatoms. The molecule has 1 unspecified atom stereocenters. The van der Waals surface area contributed by atoms with E-state index in [-0.39, 0.29) is 23.7 Å². The van der Waals surface area contributed by atoms with Crippen LogP contribution in [0.2, 0.25) is 0 Å². The molecular formula is C14H23BN2O4. The Morgan fingerprint density at radius 2 is 2.10 bits per heavy atom. The zero-order valence-electron chi connectivity index (χ0n) is 13.4. The molecule has 0 aromatic carbocycles. The molecule has 0 saturated carbocycles. The molecule has 2 rings (SSSR count). The minimum atomic E-state index is -0.458. The topological polar surface area (TPSA) is 62.6 Å². The standard InChI is InChI=1S/C14H23BN2O4/c1-6-14(5)13(3,4)20-15(21-14)11-8-16-17(9-11)10-12(18)19-7-2/h8-9H,6-7,10H2,1-5H3. The van der Waals surface area contributed by atoms with Crippen LogP contribution < -0.4 is 5.46 Å². The van der Waals surface area contributed by atoms with Gasteiger partial charge in [-0.25, -0.2) is 0 Å². The first-order valence-electron chi connectivity index (χ1n) is 7.35. The highest BCUT2D eigenvalue weighted by Gasteiger charge is 2.53. The molecule has 1 atom stereocenters. The highest BCUT2D eigenvalue weighted by Crippen LogP contribution is 2.39. The molecule has 0 amide bonds. The quantitative estimate of drug-likeness (QED) is 0.602. The molecule has 0 spiro atoms. The number of nitrogens with zero attached hydrogens (tertiary/aromatic N) is 2. The molecule has 1 aromatic rings. The number of esters is 1. The molecule has 2 heterocycles. The van der Waals surface area contributed by atoms with Gasteiger partial charge in [0, 0.05) is 17.9 Å². The number of ether oxygens (including phenoxy) is 1. The molecule has 1 aliphatic heterocycles. The second-order valence-electron chi connectivity index (χ2n) is 5.94. The lowest BCUT2D eigenvalue weighted by atomic mass is 9.82. The molecular weight excluding hydrogens is 271 g/mol. The molecule has 1 saturated heterocycles. The number of carbonyl (C=O) groups excluding carboxylic acids is 1. The van der Waals surface area contributed by atoms with Crippen LogP contribution in [0.15, 0.2) is 12.4 Å². The van der Waals surface area contributed by atoms with Crippen molar-refractivity contribution in [3.05, 3.63) is 12.4 Å². The summed E-state index contributed by atoms with van der Waals surface area (Å²) in [6.07, 6.45) is 4.29. The summed E-state index contributed by atoms with van der Waals surface area (Å²) in [7, 11) is -0.458. The van der Waals surface area contributed by atoms with E-state index in [2.05, 4.69) is 18.9 Å². The first-order chi connectivity index (χ1) is 9.81. The second kappa shape index (κ2) is 5.81. The lowest BCUT2D eigenvalue weighted by Crippen LogP contribution is -2.44. The number of carbonyl (C=O) groups is 1. The van der Waals surface area contributed by atoms with E-state index in [9.17, 15) is 4.79 Å². The van der Waals surface area contributed by atoms with Crippen LogP contribution in [-0.2, 0) is 25.4 Å². The van der Waals surface area contributed by atoms with Gasteiger partial charge in [0.2, 0.25) is 0 Å². The van der Waals surface area contributed by atoms with Crippen molar-refractivity contribution in [1.29, 1.82) is 0 Å². The Labute approximate surface area is 125 Å². The number of rotatable bonds is 5. The van der Waals surface area contributed by atoms with Gasteiger partial charge < -0.3 is 14.0 Å². The van der Waals surface area contributed by atoms with Crippen LogP contribution in [0.1, 0.15) is 41.0 Å². The fourth-order valence-corrected chi connectivity index (χ4v) is 2.37. The maximum atomic E-state index is 11.4. The van der Waals surface area contributed by atoms with Crippen LogP contribution in [0.5, 0.6) is 0 Å². The average Bonchev–Trinajstić information content (AvgIpc) is 2.94. The lowest BCUT2D eigenvalue weighted by molar-refractivity contribution is -0.144. The molecule has 1 aliphatic rings. The van der Waals surface area contributed by atoms with E-state index in [0.29, 0.717) is 6.61 Å². The summed E-state index contributed by atoms with van der Waals surface area (Å²) in [4.78, 5) is 11.4. The van der Waals surface area contributed by atoms with Gasteiger partial charge in [-0.2, -0.15) is 5.10 Å². The monoisotopic (exact) mass is 294 g/mol. The Morgan fingerprint density at radius 1 is 1.38 bits per heavy atom. The molecule has 21 heavy (non-hydrogen) atoms. The molecule has 6 nitrogen and oxygen atoms in total. The van der Waals surface area contributed by atoms with Gasteiger partial charge in [0.05, 0.1) is 17.8 Å². The van der Waals surface area contributed by atoms with Crippen molar-refractivity contribution >= 4 is 18.6 Å². The summed E-state index contributed by atoms with van der Waals surface area (Å²) < 4.78 is 18.5. The molecule has 0 radical (unpaired) electrons. The third kappa shape index (κ3) is 3.13. The van der Waals surface area contributed by atoms with Crippen molar-refractivity contribution in [1.82, 2.24) is 9.78 Å². The van der Waals surface area contributed by atoms with Gasteiger partial charge in [-0.3, -0.25) is 9.48 Å². The summed E-state index contributed by atoms with van der Waals surface area (Å²) in [5.74, 6) is -0.306. The predicted octanol–water partition coefficient (Wildman–Crippen LogP) is 1.14. The summed E-state index contributed by atoms with van der Waals surface area (Å²) in [5, 5.41) is 4.16. The zero-order valence-corrected chi connectivity index (χ0v) is 13.4. The Hall–Kier alpha value is -1.34. The first kappa shape index (κ1) is 16.0. The molecule has 0 aliphatic carbocycles. The maximum Gasteiger partial charge on any atom is 0.498 e. The van der Waals surface area contributed by atoms with Crippen LogP contribution in [0.4, 0.5) is 0 Å². The minimum Gasteiger partial charge on any atom is -0.465 e. The van der Waals surface area contributed by atoms with E-state index in [1.165, 1.54) is 4.68 Å². The average molecular weight is 294 g/mol. The van der Waals surface area contributed by atoms with Gasteiger partial charge in [-0.1, -0.05) is 6.92 Å². The molecule has 0 bridgehead atoms. The first-order valence-corrected chi connectivity index (χ1v) is 7.35. The molecule has 0 N–H and O–H groups in total. The fourth-order valence-electron chi connectivity index (χ4n) is 2.37. The van der Waals surface area contributed by atoms with Crippen molar-refractivity contribution in [2.24, 2.45) is 0 Å². The van der Waals surface area contributed by atoms with Crippen LogP contribution in [0.3, 0.4) is 0 Å². The highest BCUT2D eigenvalue weighted by atomic mass is 16.7. The van der Waals surface area contributed by atoms with Crippen LogP contribution in [0, 0.1) is 0 Å². The van der Waals surface area contributed by atoms with Crippen molar-refractivity contribution in [2.75, 3.05) is 6.61 Å². The largest absolute Gasteiger partial charge is 0.498 e. The summed E-state index contributed by atoms with van der Waals surface area (Å²) in [5.41, 5.74) is 0.0841. The van der Waals surface area contributed by atoms with E-state index in [1.807, 2.05) is 13.8 Å². The highest BCUT2D eigenvalue weighted by molar-refractivity contribution is 6.62. The Balaban J connectivity index is 2.08. The number of hydrogen-bond acceptors (Lipinski definition) is 5. The Bertz CT molecular complexity index is 517. The number of aromatic nitrogens is 2. The normalized spacial score (nSPS) is 24.3. The smallest absolute Gasteiger partial charge is 0.465 e. The van der Waals surface area contributed by atoms with Gasteiger partial charge >= 0.3 is 13.1 Å². The Kier molecular flexibility index (Phi) is 4.44. The summed E-state index contributed by atoms with van der Waals surface area (Å²) >= 11 is 0. The second-order valence-corrected chi connectivity index (χ2v) is 5.94. The van der Waals surface area contributed by atoms with E-state index >= 15 is 0 Å². The Morgan fingerprint density at radius 3 is 2.67 bits per heavy atom. The van der Waals surface area contributed by atoms with Gasteiger partial charge in [0.15, 0.2) is 0 Å². The third-order valence-electron chi connectivity index (χ3n) is 4.24. The van der Waals surface area contributed by atoms with Crippen molar-refractivity contribution in [3.63, 3.8) is 0 Å². The maximum absolute atomic E-state index is 11.4. The molecule has 1 aromatic heterocycles. The minimum absolute atomic E-state index is 0.0923.